The molecule has 1 aromatic carbocycles. The number of amides is 1. The third-order valence-electron chi connectivity index (χ3n) is 2.84. The second-order valence-corrected chi connectivity index (χ2v) is 4.49. The first-order valence-electron chi connectivity index (χ1n) is 6.52. The average molecular weight is 316 g/mol. The fraction of sp³-hybridized carbons (Fsp3) is 0. The molecule has 6 nitrogen and oxygen atoms in total. The Hall–Kier alpha value is -3.29. The van der Waals surface area contributed by atoms with Crippen molar-refractivity contribution in [1.82, 2.24) is 10.2 Å². The smallest absolute Gasteiger partial charge is 0.292 e. The summed E-state index contributed by atoms with van der Waals surface area (Å²) >= 11 is 0. The van der Waals surface area contributed by atoms with Crippen LogP contribution in [0, 0.1) is 11.6 Å². The normalized spacial score (nSPS) is 10.3. The van der Waals surface area contributed by atoms with Gasteiger partial charge in [0.2, 0.25) is 0 Å². The van der Waals surface area contributed by atoms with Crippen molar-refractivity contribution in [2.45, 2.75) is 0 Å². The molecule has 1 amide bonds. The molecule has 23 heavy (non-hydrogen) atoms. The number of anilines is 3. The lowest BCUT2D eigenvalue weighted by atomic mass is 10.3. The van der Waals surface area contributed by atoms with Gasteiger partial charge in [0.25, 0.3) is 5.91 Å². The number of benzene rings is 1. The number of nitrogens with zero attached hydrogens (tertiary/aromatic N) is 2. The van der Waals surface area contributed by atoms with Crippen molar-refractivity contribution in [2.24, 2.45) is 0 Å². The number of hydrogen-bond acceptors (Lipinski definition) is 5. The van der Waals surface area contributed by atoms with Crippen LogP contribution in [0.2, 0.25) is 0 Å². The molecular formula is C15H10F2N4O2. The maximum absolute atomic E-state index is 13.1. The topological polar surface area (TPSA) is 80.0 Å². The van der Waals surface area contributed by atoms with Gasteiger partial charge in [0.05, 0.1) is 6.26 Å². The number of aromatic nitrogens is 2. The van der Waals surface area contributed by atoms with E-state index in [1.807, 2.05) is 0 Å². The van der Waals surface area contributed by atoms with Crippen LogP contribution in [0.15, 0.2) is 53.1 Å². The van der Waals surface area contributed by atoms with Crippen LogP contribution in [-0.4, -0.2) is 16.1 Å². The third-order valence-corrected chi connectivity index (χ3v) is 2.84. The van der Waals surface area contributed by atoms with E-state index in [1.54, 1.807) is 6.07 Å². The van der Waals surface area contributed by atoms with E-state index in [9.17, 15) is 13.6 Å². The molecule has 0 atom stereocenters. The van der Waals surface area contributed by atoms with Gasteiger partial charge in [-0.05, 0) is 36.4 Å². The van der Waals surface area contributed by atoms with Gasteiger partial charge in [0, 0.05) is 11.8 Å². The second kappa shape index (κ2) is 6.22. The maximum Gasteiger partial charge on any atom is 0.292 e. The van der Waals surface area contributed by atoms with Crippen molar-refractivity contribution in [3.8, 4) is 0 Å². The Kier molecular flexibility index (Phi) is 3.96. The summed E-state index contributed by atoms with van der Waals surface area (Å²) in [5, 5.41) is 12.9. The van der Waals surface area contributed by atoms with Gasteiger partial charge >= 0.3 is 0 Å². The number of halogens is 2. The molecule has 0 aliphatic heterocycles. The molecule has 3 rings (SSSR count). The molecule has 2 N–H and O–H groups in total. The average Bonchev–Trinajstić information content (AvgIpc) is 3.07. The van der Waals surface area contributed by atoms with Crippen LogP contribution in [0.5, 0.6) is 0 Å². The lowest BCUT2D eigenvalue weighted by Gasteiger charge is -2.06. The van der Waals surface area contributed by atoms with Gasteiger partial charge < -0.3 is 15.1 Å². The molecule has 0 bridgehead atoms. The summed E-state index contributed by atoms with van der Waals surface area (Å²) in [5.74, 6) is -1.67. The molecule has 2 heterocycles. The molecule has 0 aliphatic carbocycles. The van der Waals surface area contributed by atoms with E-state index in [4.69, 9.17) is 4.42 Å². The molecule has 0 spiro atoms. The fourth-order valence-electron chi connectivity index (χ4n) is 1.77. The van der Waals surface area contributed by atoms with Crippen LogP contribution in [0.1, 0.15) is 10.6 Å². The van der Waals surface area contributed by atoms with Gasteiger partial charge in [0.1, 0.15) is 0 Å². The summed E-state index contributed by atoms with van der Waals surface area (Å²) in [7, 11) is 0. The number of hydrogen-bond donors (Lipinski definition) is 2. The molecule has 0 radical (unpaired) electrons. The highest BCUT2D eigenvalue weighted by Gasteiger charge is 2.10. The molecule has 3 aromatic rings. The van der Waals surface area contributed by atoms with E-state index in [0.29, 0.717) is 11.5 Å². The van der Waals surface area contributed by atoms with Gasteiger partial charge in [-0.2, -0.15) is 0 Å². The largest absolute Gasteiger partial charge is 0.459 e. The Morgan fingerprint density at radius 3 is 2.43 bits per heavy atom. The Morgan fingerprint density at radius 1 is 1.00 bits per heavy atom. The van der Waals surface area contributed by atoms with Crippen LogP contribution in [-0.2, 0) is 0 Å². The molecule has 0 saturated heterocycles. The van der Waals surface area contributed by atoms with Crippen LogP contribution in [0.3, 0.4) is 0 Å². The standard InChI is InChI=1S/C15H10F2N4O2/c16-10-4-3-9(8-11(10)17)18-13-5-6-14(21-20-13)19-15(22)12-2-1-7-23-12/h1-8H,(H,18,20)(H,19,21,22). The minimum absolute atomic E-state index is 0.149. The predicted molar refractivity (Wildman–Crippen MR) is 78.3 cm³/mol. The summed E-state index contributed by atoms with van der Waals surface area (Å²) in [6.45, 7) is 0. The molecule has 0 unspecified atom stereocenters. The Morgan fingerprint density at radius 2 is 1.78 bits per heavy atom. The highest BCUT2D eigenvalue weighted by atomic mass is 19.2. The summed E-state index contributed by atoms with van der Waals surface area (Å²) in [6.07, 6.45) is 1.38. The van der Waals surface area contributed by atoms with Crippen LogP contribution in [0.4, 0.5) is 26.1 Å². The summed E-state index contributed by atoms with van der Waals surface area (Å²) in [4.78, 5) is 11.8. The van der Waals surface area contributed by atoms with Crippen LogP contribution in [0.25, 0.3) is 0 Å². The van der Waals surface area contributed by atoms with Gasteiger partial charge in [0.15, 0.2) is 29.0 Å². The van der Waals surface area contributed by atoms with Gasteiger partial charge in [-0.25, -0.2) is 8.78 Å². The highest BCUT2D eigenvalue weighted by molar-refractivity contribution is 6.01. The summed E-state index contributed by atoms with van der Waals surface area (Å²) < 4.78 is 30.9. The lowest BCUT2D eigenvalue weighted by Crippen LogP contribution is -2.12. The predicted octanol–water partition coefficient (Wildman–Crippen LogP) is 3.34. The van der Waals surface area contributed by atoms with Crippen LogP contribution >= 0.6 is 0 Å². The number of carbonyl (C=O) groups excluding carboxylic acids is 1. The van der Waals surface area contributed by atoms with E-state index >= 15 is 0 Å². The molecular weight excluding hydrogens is 306 g/mol. The molecule has 0 saturated carbocycles. The third kappa shape index (κ3) is 3.49. The maximum atomic E-state index is 13.1. The highest BCUT2D eigenvalue weighted by Crippen LogP contribution is 2.17. The SMILES string of the molecule is O=C(Nc1ccc(Nc2ccc(F)c(F)c2)nn1)c1ccco1. The summed E-state index contributed by atoms with van der Waals surface area (Å²) in [6, 6.07) is 9.53. The number of rotatable bonds is 4. The van der Waals surface area contributed by atoms with Crippen molar-refractivity contribution in [2.75, 3.05) is 10.6 Å². The Bertz CT molecular complexity index is 820. The van der Waals surface area contributed by atoms with E-state index in [1.165, 1.54) is 30.5 Å². The zero-order chi connectivity index (χ0) is 16.2. The quantitative estimate of drug-likeness (QED) is 0.771. The van der Waals surface area contributed by atoms with E-state index < -0.39 is 17.5 Å². The van der Waals surface area contributed by atoms with E-state index in [-0.39, 0.29) is 11.6 Å². The Balaban J connectivity index is 1.67. The van der Waals surface area contributed by atoms with E-state index in [0.717, 1.165) is 12.1 Å². The minimum Gasteiger partial charge on any atom is -0.459 e. The summed E-state index contributed by atoms with van der Waals surface area (Å²) in [5.41, 5.74) is 0.325. The van der Waals surface area contributed by atoms with Crippen molar-refractivity contribution >= 4 is 23.2 Å². The first-order chi connectivity index (χ1) is 11.1. The van der Waals surface area contributed by atoms with Gasteiger partial charge in [-0.3, -0.25) is 4.79 Å². The number of nitrogens with one attached hydrogen (secondary N) is 2. The van der Waals surface area contributed by atoms with Crippen molar-refractivity contribution in [3.05, 3.63) is 66.1 Å². The van der Waals surface area contributed by atoms with Crippen molar-refractivity contribution in [3.63, 3.8) is 0 Å². The van der Waals surface area contributed by atoms with E-state index in [2.05, 4.69) is 20.8 Å². The van der Waals surface area contributed by atoms with Gasteiger partial charge in [-0.1, -0.05) is 0 Å². The number of furan rings is 1. The molecule has 2 aromatic heterocycles. The zero-order valence-corrected chi connectivity index (χ0v) is 11.6. The molecule has 116 valence electrons. The second-order valence-electron chi connectivity index (χ2n) is 4.49. The number of carbonyl (C=O) groups is 1. The molecule has 0 aliphatic rings. The first-order valence-corrected chi connectivity index (χ1v) is 6.52. The molecule has 8 heteroatoms. The van der Waals surface area contributed by atoms with Gasteiger partial charge in [-0.15, -0.1) is 10.2 Å². The minimum atomic E-state index is -0.967. The van der Waals surface area contributed by atoms with Crippen molar-refractivity contribution in [1.29, 1.82) is 0 Å². The lowest BCUT2D eigenvalue weighted by molar-refractivity contribution is 0.0996. The monoisotopic (exact) mass is 316 g/mol. The first kappa shape index (κ1) is 14.6. The Labute approximate surface area is 129 Å². The zero-order valence-electron chi connectivity index (χ0n) is 11.6. The fourth-order valence-corrected chi connectivity index (χ4v) is 1.77. The molecule has 0 fully saturated rings. The van der Waals surface area contributed by atoms with Crippen LogP contribution < -0.4 is 10.6 Å². The van der Waals surface area contributed by atoms with Crippen molar-refractivity contribution < 1.29 is 18.0 Å².